The van der Waals surface area contributed by atoms with Crippen LogP contribution in [0.2, 0.25) is 0 Å². The summed E-state index contributed by atoms with van der Waals surface area (Å²) in [6, 6.07) is 9.48. The molecule has 0 saturated carbocycles. The lowest BCUT2D eigenvalue weighted by Crippen LogP contribution is -2.38. The Balaban J connectivity index is 2.46. The Morgan fingerprint density at radius 1 is 1.23 bits per heavy atom. The van der Waals surface area contributed by atoms with Gasteiger partial charge < -0.3 is 13.8 Å². The van der Waals surface area contributed by atoms with Gasteiger partial charge in [0.2, 0.25) is 0 Å². The summed E-state index contributed by atoms with van der Waals surface area (Å²) in [6.07, 6.45) is 0.317. The summed E-state index contributed by atoms with van der Waals surface area (Å²) in [6.45, 7) is 5.72. The summed E-state index contributed by atoms with van der Waals surface area (Å²) in [5.41, 5.74) is 0.910. The van der Waals surface area contributed by atoms with Crippen LogP contribution < -0.4 is 0 Å². The summed E-state index contributed by atoms with van der Waals surface area (Å²) in [5, 5.41) is -1.26. The molecular formula is C16H23O5P. The molecule has 5 nitrogen and oxygen atoms in total. The molecule has 1 heterocycles. The lowest BCUT2D eigenvalue weighted by Gasteiger charge is -2.32. The van der Waals surface area contributed by atoms with Crippen LogP contribution in [0.3, 0.4) is 0 Å². The van der Waals surface area contributed by atoms with Crippen LogP contribution in [0.4, 0.5) is 0 Å². The van der Waals surface area contributed by atoms with Crippen LogP contribution in [-0.4, -0.2) is 30.4 Å². The largest absolute Gasteiger partial charge is 0.462 e. The molecule has 1 aromatic carbocycles. The third-order valence-electron chi connectivity index (χ3n) is 3.78. The molecule has 1 aliphatic heterocycles. The predicted octanol–water partition coefficient (Wildman–Crippen LogP) is 3.57. The zero-order valence-electron chi connectivity index (χ0n) is 13.3. The molecule has 1 fully saturated rings. The maximum absolute atomic E-state index is 13.4. The Morgan fingerprint density at radius 3 is 2.27 bits per heavy atom. The fourth-order valence-electron chi connectivity index (χ4n) is 2.92. The zero-order chi connectivity index (χ0) is 16.2. The minimum absolute atomic E-state index is 0.218. The van der Waals surface area contributed by atoms with Crippen LogP contribution >= 0.6 is 7.60 Å². The first-order valence-corrected chi connectivity index (χ1v) is 9.16. The van der Waals surface area contributed by atoms with E-state index in [4.69, 9.17) is 13.8 Å². The second-order valence-corrected chi connectivity index (χ2v) is 7.81. The lowest BCUT2D eigenvalue weighted by molar-refractivity contribution is -0.143. The van der Waals surface area contributed by atoms with E-state index in [1.807, 2.05) is 30.3 Å². The highest BCUT2D eigenvalue weighted by Crippen LogP contribution is 2.65. The van der Waals surface area contributed by atoms with Gasteiger partial charge in [-0.25, -0.2) is 0 Å². The first kappa shape index (κ1) is 17.2. The number of carbonyl (C=O) groups is 1. The van der Waals surface area contributed by atoms with E-state index in [2.05, 4.69) is 0 Å². The second kappa shape index (κ2) is 6.95. The fraction of sp³-hybridized carbons (Fsp3) is 0.562. The summed E-state index contributed by atoms with van der Waals surface area (Å²) >= 11 is 0. The first-order valence-electron chi connectivity index (χ1n) is 7.61. The molecular weight excluding hydrogens is 303 g/mol. The van der Waals surface area contributed by atoms with Gasteiger partial charge in [-0.1, -0.05) is 30.3 Å². The monoisotopic (exact) mass is 326 g/mol. The smallest absolute Gasteiger partial charge is 0.348 e. The summed E-state index contributed by atoms with van der Waals surface area (Å²) < 4.78 is 29.6. The molecule has 0 radical (unpaired) electrons. The summed E-state index contributed by atoms with van der Waals surface area (Å²) in [4.78, 5) is 12.6. The van der Waals surface area contributed by atoms with Gasteiger partial charge in [0.05, 0.1) is 13.2 Å². The van der Waals surface area contributed by atoms with Gasteiger partial charge in [-0.15, -0.1) is 0 Å². The molecule has 1 saturated heterocycles. The van der Waals surface area contributed by atoms with Crippen molar-refractivity contribution in [1.82, 2.24) is 0 Å². The van der Waals surface area contributed by atoms with E-state index in [9.17, 15) is 9.36 Å². The van der Waals surface area contributed by atoms with Crippen molar-refractivity contribution in [2.45, 2.75) is 44.9 Å². The Morgan fingerprint density at radius 2 is 1.82 bits per heavy atom. The van der Waals surface area contributed by atoms with Crippen LogP contribution in [0.5, 0.6) is 0 Å². The lowest BCUT2D eigenvalue weighted by atomic mass is 9.95. The molecule has 0 N–H and O–H groups in total. The van der Waals surface area contributed by atoms with Crippen molar-refractivity contribution in [2.75, 3.05) is 13.2 Å². The van der Waals surface area contributed by atoms with Crippen LogP contribution in [0.25, 0.3) is 0 Å². The molecule has 1 aromatic rings. The Kier molecular flexibility index (Phi) is 5.43. The standard InChI is InChI=1S/C16H23O5P/c1-4-19-22(18,20-5-2)16(11-13(3)21-15(16)17)12-14-9-7-6-8-10-14/h6-10,13H,4-5,11-12H2,1-3H3. The van der Waals surface area contributed by atoms with Crippen molar-refractivity contribution < 1.29 is 23.1 Å². The number of esters is 1. The minimum atomic E-state index is -3.63. The van der Waals surface area contributed by atoms with Crippen LogP contribution in [0, 0.1) is 0 Å². The van der Waals surface area contributed by atoms with Gasteiger partial charge in [0.25, 0.3) is 0 Å². The van der Waals surface area contributed by atoms with E-state index in [1.54, 1.807) is 20.8 Å². The first-order chi connectivity index (χ1) is 10.5. The third-order valence-corrected chi connectivity index (χ3v) is 6.54. The van der Waals surface area contributed by atoms with Gasteiger partial charge >= 0.3 is 13.6 Å². The van der Waals surface area contributed by atoms with Crippen LogP contribution in [0.1, 0.15) is 32.8 Å². The highest BCUT2D eigenvalue weighted by molar-refractivity contribution is 7.56. The maximum atomic E-state index is 13.4. The molecule has 0 amide bonds. The molecule has 0 spiro atoms. The van der Waals surface area contributed by atoms with E-state index in [1.165, 1.54) is 0 Å². The summed E-state index contributed by atoms with van der Waals surface area (Å²) in [7, 11) is -3.63. The SMILES string of the molecule is CCOP(=O)(OCC)C1(Cc2ccccc2)CC(C)OC1=O. The zero-order valence-corrected chi connectivity index (χ0v) is 14.2. The highest BCUT2D eigenvalue weighted by atomic mass is 31.2. The van der Waals surface area contributed by atoms with Crippen molar-refractivity contribution in [2.24, 2.45) is 0 Å². The Bertz CT molecular complexity index is 549. The van der Waals surface area contributed by atoms with E-state index < -0.39 is 18.7 Å². The molecule has 0 bridgehead atoms. The molecule has 2 unspecified atom stereocenters. The topological polar surface area (TPSA) is 61.8 Å². The highest BCUT2D eigenvalue weighted by Gasteiger charge is 2.62. The van der Waals surface area contributed by atoms with Crippen molar-refractivity contribution in [3.8, 4) is 0 Å². The average molecular weight is 326 g/mol. The van der Waals surface area contributed by atoms with Gasteiger partial charge in [0.1, 0.15) is 6.10 Å². The molecule has 0 aromatic heterocycles. The number of carbonyl (C=O) groups excluding carboxylic acids is 1. The minimum Gasteiger partial charge on any atom is -0.462 e. The van der Waals surface area contributed by atoms with Crippen molar-refractivity contribution in [1.29, 1.82) is 0 Å². The number of ether oxygens (including phenoxy) is 1. The number of rotatable bonds is 7. The third kappa shape index (κ3) is 3.12. The molecule has 2 atom stereocenters. The quantitative estimate of drug-likeness (QED) is 0.566. The second-order valence-electron chi connectivity index (χ2n) is 5.45. The van der Waals surface area contributed by atoms with Gasteiger partial charge in [-0.3, -0.25) is 9.36 Å². The van der Waals surface area contributed by atoms with Crippen molar-refractivity contribution in [3.05, 3.63) is 35.9 Å². The molecule has 6 heteroatoms. The molecule has 22 heavy (non-hydrogen) atoms. The molecule has 2 rings (SSSR count). The molecule has 122 valence electrons. The van der Waals surface area contributed by atoms with E-state index in [0.29, 0.717) is 6.42 Å². The number of benzene rings is 1. The van der Waals surface area contributed by atoms with Gasteiger partial charge in [-0.05, 0) is 26.3 Å². The summed E-state index contributed by atoms with van der Waals surface area (Å²) in [5.74, 6) is -0.492. The van der Waals surface area contributed by atoms with Crippen molar-refractivity contribution >= 4 is 13.6 Å². The van der Waals surface area contributed by atoms with Crippen LogP contribution in [-0.2, 0) is 29.6 Å². The van der Waals surface area contributed by atoms with E-state index in [-0.39, 0.29) is 25.7 Å². The Labute approximate surface area is 131 Å². The number of hydrogen-bond donors (Lipinski definition) is 0. The number of hydrogen-bond acceptors (Lipinski definition) is 5. The molecule has 0 aliphatic carbocycles. The Hall–Kier alpha value is -1.16. The maximum Gasteiger partial charge on any atom is 0.348 e. The van der Waals surface area contributed by atoms with E-state index in [0.717, 1.165) is 5.56 Å². The van der Waals surface area contributed by atoms with E-state index >= 15 is 0 Å². The fourth-order valence-corrected chi connectivity index (χ4v) is 5.30. The van der Waals surface area contributed by atoms with Gasteiger partial charge in [0.15, 0.2) is 5.16 Å². The van der Waals surface area contributed by atoms with Gasteiger partial charge in [-0.2, -0.15) is 0 Å². The average Bonchev–Trinajstić information content (AvgIpc) is 2.76. The van der Waals surface area contributed by atoms with Crippen LogP contribution in [0.15, 0.2) is 30.3 Å². The normalized spacial score (nSPS) is 25.2. The van der Waals surface area contributed by atoms with Crippen molar-refractivity contribution in [3.63, 3.8) is 0 Å². The molecule has 1 aliphatic rings. The predicted molar refractivity (Wildman–Crippen MR) is 83.9 cm³/mol. The number of cyclic esters (lactones) is 1. The van der Waals surface area contributed by atoms with Gasteiger partial charge in [0, 0.05) is 12.8 Å².